The van der Waals surface area contributed by atoms with E-state index in [-0.39, 0.29) is 0 Å². The molecule has 1 aliphatic rings. The summed E-state index contributed by atoms with van der Waals surface area (Å²) in [6.07, 6.45) is 5.72. The molecule has 1 aromatic carbocycles. The van der Waals surface area contributed by atoms with E-state index in [0.29, 0.717) is 5.92 Å². The Bertz CT molecular complexity index is 561. The molecule has 1 unspecified atom stereocenters. The van der Waals surface area contributed by atoms with Crippen LogP contribution in [0.3, 0.4) is 0 Å². The highest BCUT2D eigenvalue weighted by atomic mass is 16.5. The number of anilines is 1. The van der Waals surface area contributed by atoms with Crippen LogP contribution in [0.4, 0.5) is 5.69 Å². The van der Waals surface area contributed by atoms with Gasteiger partial charge in [0.05, 0.1) is 19.5 Å². The molecule has 3 rings (SSSR count). The van der Waals surface area contributed by atoms with Crippen molar-refractivity contribution < 1.29 is 4.74 Å². The van der Waals surface area contributed by atoms with Gasteiger partial charge in [0.25, 0.3) is 0 Å². The zero-order valence-electron chi connectivity index (χ0n) is 13.8. The molecule has 0 saturated carbocycles. The molecule has 0 bridgehead atoms. The first-order chi connectivity index (χ1) is 11.3. The molecular weight excluding hydrogens is 288 g/mol. The molecule has 5 heteroatoms. The fourth-order valence-corrected chi connectivity index (χ4v) is 2.93. The third-order valence-corrected chi connectivity index (χ3v) is 4.22. The Kier molecular flexibility index (Phi) is 5.66. The van der Waals surface area contributed by atoms with Gasteiger partial charge in [-0.05, 0) is 30.2 Å². The summed E-state index contributed by atoms with van der Waals surface area (Å²) in [6, 6.07) is 8.88. The quantitative estimate of drug-likeness (QED) is 0.850. The van der Waals surface area contributed by atoms with Crippen molar-refractivity contribution in [3.05, 3.63) is 48.5 Å². The van der Waals surface area contributed by atoms with Gasteiger partial charge in [-0.2, -0.15) is 0 Å². The topological polar surface area (TPSA) is 42.3 Å². The number of nitrogens with zero attached hydrogens (tertiary/aromatic N) is 3. The second-order valence-electron chi connectivity index (χ2n) is 6.26. The first kappa shape index (κ1) is 16.0. The molecule has 0 radical (unpaired) electrons. The van der Waals surface area contributed by atoms with Crippen molar-refractivity contribution in [2.45, 2.75) is 20.0 Å². The van der Waals surface area contributed by atoms with Crippen LogP contribution in [0, 0.1) is 5.92 Å². The molecule has 1 aromatic heterocycles. The van der Waals surface area contributed by atoms with Gasteiger partial charge in [0.15, 0.2) is 0 Å². The minimum Gasteiger partial charge on any atom is -0.378 e. The Balaban J connectivity index is 1.41. The van der Waals surface area contributed by atoms with Crippen molar-refractivity contribution in [3.63, 3.8) is 0 Å². The lowest BCUT2D eigenvalue weighted by atomic mass is 10.1. The Morgan fingerprint density at radius 2 is 2.00 bits per heavy atom. The van der Waals surface area contributed by atoms with Gasteiger partial charge in [-0.3, -0.25) is 0 Å². The fraction of sp³-hybridized carbons (Fsp3) is 0.500. The molecular formula is C18H26N4O. The molecule has 0 aliphatic carbocycles. The van der Waals surface area contributed by atoms with E-state index in [1.54, 1.807) is 0 Å². The van der Waals surface area contributed by atoms with Crippen molar-refractivity contribution in [2.75, 3.05) is 37.7 Å². The smallest absolute Gasteiger partial charge is 0.0946 e. The SMILES string of the molecule is CC(CNCc1ccc(N2CCOCC2)cc1)Cn1ccnc1. The summed E-state index contributed by atoms with van der Waals surface area (Å²) in [5, 5.41) is 3.55. The second-order valence-corrected chi connectivity index (χ2v) is 6.26. The molecule has 0 amide bonds. The summed E-state index contributed by atoms with van der Waals surface area (Å²) in [4.78, 5) is 6.46. The third-order valence-electron chi connectivity index (χ3n) is 4.22. The molecule has 2 heterocycles. The molecule has 0 spiro atoms. The highest BCUT2D eigenvalue weighted by molar-refractivity contribution is 5.47. The average molecular weight is 314 g/mol. The van der Waals surface area contributed by atoms with Crippen LogP contribution < -0.4 is 10.2 Å². The van der Waals surface area contributed by atoms with Crippen LogP contribution in [0.25, 0.3) is 0 Å². The minimum absolute atomic E-state index is 0.580. The number of morpholine rings is 1. The normalized spacial score (nSPS) is 16.5. The third kappa shape index (κ3) is 4.81. The zero-order chi connectivity index (χ0) is 15.9. The van der Waals surface area contributed by atoms with Crippen LogP contribution in [0.1, 0.15) is 12.5 Å². The lowest BCUT2D eigenvalue weighted by Crippen LogP contribution is -2.36. The van der Waals surface area contributed by atoms with E-state index in [9.17, 15) is 0 Å². The molecule has 5 nitrogen and oxygen atoms in total. The molecule has 1 aliphatic heterocycles. The van der Waals surface area contributed by atoms with E-state index >= 15 is 0 Å². The molecule has 23 heavy (non-hydrogen) atoms. The van der Waals surface area contributed by atoms with E-state index in [1.807, 2.05) is 18.7 Å². The molecule has 1 saturated heterocycles. The van der Waals surface area contributed by atoms with E-state index in [1.165, 1.54) is 11.3 Å². The fourth-order valence-electron chi connectivity index (χ4n) is 2.93. The maximum absolute atomic E-state index is 5.40. The highest BCUT2D eigenvalue weighted by Crippen LogP contribution is 2.16. The molecule has 1 fully saturated rings. The van der Waals surface area contributed by atoms with Crippen molar-refractivity contribution in [1.29, 1.82) is 0 Å². The molecule has 1 N–H and O–H groups in total. The summed E-state index contributed by atoms with van der Waals surface area (Å²) >= 11 is 0. The molecule has 124 valence electrons. The van der Waals surface area contributed by atoms with Crippen molar-refractivity contribution in [3.8, 4) is 0 Å². The van der Waals surface area contributed by atoms with Gasteiger partial charge >= 0.3 is 0 Å². The Morgan fingerprint density at radius 1 is 1.22 bits per heavy atom. The Morgan fingerprint density at radius 3 is 2.70 bits per heavy atom. The predicted octanol–water partition coefficient (Wildman–Crippen LogP) is 2.15. The lowest BCUT2D eigenvalue weighted by molar-refractivity contribution is 0.122. The number of nitrogens with one attached hydrogen (secondary N) is 1. The number of benzene rings is 1. The number of hydrogen-bond donors (Lipinski definition) is 1. The average Bonchev–Trinajstić information content (AvgIpc) is 3.09. The molecule has 1 atom stereocenters. The standard InChI is InChI=1S/C18H26N4O/c1-16(14-21-7-6-19-15-21)12-20-13-17-2-4-18(5-3-17)22-8-10-23-11-9-22/h2-7,15-16,20H,8-14H2,1H3. The van der Waals surface area contributed by atoms with Crippen molar-refractivity contribution in [2.24, 2.45) is 5.92 Å². The van der Waals surface area contributed by atoms with Gasteiger partial charge in [0.2, 0.25) is 0 Å². The van der Waals surface area contributed by atoms with Crippen LogP contribution >= 0.6 is 0 Å². The van der Waals surface area contributed by atoms with Gasteiger partial charge in [-0.15, -0.1) is 0 Å². The predicted molar refractivity (Wildman–Crippen MR) is 92.6 cm³/mol. The van der Waals surface area contributed by atoms with Crippen LogP contribution in [-0.4, -0.2) is 42.4 Å². The van der Waals surface area contributed by atoms with Crippen LogP contribution in [-0.2, 0) is 17.8 Å². The van der Waals surface area contributed by atoms with Crippen LogP contribution in [0.5, 0.6) is 0 Å². The highest BCUT2D eigenvalue weighted by Gasteiger charge is 2.10. The van der Waals surface area contributed by atoms with E-state index in [2.05, 4.69) is 51.0 Å². The number of ether oxygens (including phenoxy) is 1. The summed E-state index contributed by atoms with van der Waals surface area (Å²) in [6.45, 7) is 8.82. The van der Waals surface area contributed by atoms with Gasteiger partial charge < -0.3 is 19.5 Å². The first-order valence-corrected chi connectivity index (χ1v) is 8.39. The largest absolute Gasteiger partial charge is 0.378 e. The summed E-state index contributed by atoms with van der Waals surface area (Å²) in [5.74, 6) is 0.580. The van der Waals surface area contributed by atoms with Crippen LogP contribution in [0.2, 0.25) is 0 Å². The Hall–Kier alpha value is -1.85. The number of rotatable bonds is 7. The van der Waals surface area contributed by atoms with Gasteiger partial charge in [0.1, 0.15) is 0 Å². The van der Waals surface area contributed by atoms with Gasteiger partial charge in [0, 0.05) is 44.3 Å². The number of hydrogen-bond acceptors (Lipinski definition) is 4. The lowest BCUT2D eigenvalue weighted by Gasteiger charge is -2.28. The van der Waals surface area contributed by atoms with Crippen molar-refractivity contribution in [1.82, 2.24) is 14.9 Å². The first-order valence-electron chi connectivity index (χ1n) is 8.39. The molecule has 2 aromatic rings. The minimum atomic E-state index is 0.580. The maximum atomic E-state index is 5.40. The second kappa shape index (κ2) is 8.13. The summed E-state index contributed by atoms with van der Waals surface area (Å²) < 4.78 is 7.53. The van der Waals surface area contributed by atoms with Gasteiger partial charge in [-0.1, -0.05) is 19.1 Å². The van der Waals surface area contributed by atoms with E-state index < -0.39 is 0 Å². The number of aromatic nitrogens is 2. The van der Waals surface area contributed by atoms with E-state index in [4.69, 9.17) is 4.74 Å². The maximum Gasteiger partial charge on any atom is 0.0946 e. The van der Waals surface area contributed by atoms with Crippen molar-refractivity contribution >= 4 is 5.69 Å². The van der Waals surface area contributed by atoms with Gasteiger partial charge in [-0.25, -0.2) is 4.98 Å². The summed E-state index contributed by atoms with van der Waals surface area (Å²) in [7, 11) is 0. The van der Waals surface area contributed by atoms with Crippen LogP contribution in [0.15, 0.2) is 43.0 Å². The van der Waals surface area contributed by atoms with E-state index in [0.717, 1.165) is 45.9 Å². The monoisotopic (exact) mass is 314 g/mol. The zero-order valence-corrected chi connectivity index (χ0v) is 13.8. The number of imidazole rings is 1. The summed E-state index contributed by atoms with van der Waals surface area (Å²) in [5.41, 5.74) is 2.63. The Labute approximate surface area is 138 Å².